The Kier molecular flexibility index (Phi) is 5.36. The minimum absolute atomic E-state index is 0.253. The number of carboxylic acid groups (broad SMARTS) is 1. The smallest absolute Gasteiger partial charge is 0.303 e. The molecule has 1 fully saturated rings. The Bertz CT molecular complexity index is 472. The molecule has 0 saturated carbocycles. The van der Waals surface area contributed by atoms with Crippen LogP contribution in [0.3, 0.4) is 0 Å². The third kappa shape index (κ3) is 4.54. The van der Waals surface area contributed by atoms with E-state index in [-0.39, 0.29) is 6.42 Å². The second-order valence-corrected chi connectivity index (χ2v) is 6.26. The van der Waals surface area contributed by atoms with Gasteiger partial charge in [-0.15, -0.1) is 0 Å². The lowest BCUT2D eigenvalue weighted by atomic mass is 9.87. The molecule has 1 aliphatic heterocycles. The Morgan fingerprint density at radius 3 is 2.90 bits per heavy atom. The van der Waals surface area contributed by atoms with Gasteiger partial charge in [0.05, 0.1) is 6.54 Å². The standard InChI is InChI=1S/C15H26N4O2/c1-11-8-16-14(17-11)10-19-7-6-13(18(2)3)12(9-19)4-5-15(20)21/h8,12-13H,4-7,9-10H2,1-3H3,(H,16,17)(H,20,21)/t12-,13+/m1/s1. The van der Waals surface area contributed by atoms with Gasteiger partial charge in [0.25, 0.3) is 0 Å². The van der Waals surface area contributed by atoms with Gasteiger partial charge in [-0.05, 0) is 39.8 Å². The first-order valence-corrected chi connectivity index (χ1v) is 7.56. The van der Waals surface area contributed by atoms with E-state index in [0.717, 1.165) is 44.0 Å². The highest BCUT2D eigenvalue weighted by Crippen LogP contribution is 2.25. The summed E-state index contributed by atoms with van der Waals surface area (Å²) >= 11 is 0. The monoisotopic (exact) mass is 294 g/mol. The van der Waals surface area contributed by atoms with Crippen LogP contribution in [-0.4, -0.2) is 64.1 Å². The van der Waals surface area contributed by atoms with E-state index >= 15 is 0 Å². The number of imidazole rings is 1. The van der Waals surface area contributed by atoms with Crippen LogP contribution in [0, 0.1) is 12.8 Å². The number of piperidine rings is 1. The Hall–Kier alpha value is -1.40. The summed E-state index contributed by atoms with van der Waals surface area (Å²) in [5.74, 6) is 0.694. The Morgan fingerprint density at radius 1 is 1.57 bits per heavy atom. The highest BCUT2D eigenvalue weighted by Gasteiger charge is 2.31. The number of rotatable bonds is 6. The molecule has 2 heterocycles. The van der Waals surface area contributed by atoms with Gasteiger partial charge in [-0.1, -0.05) is 0 Å². The average Bonchev–Trinajstić information content (AvgIpc) is 2.81. The second-order valence-electron chi connectivity index (χ2n) is 6.26. The van der Waals surface area contributed by atoms with E-state index in [9.17, 15) is 4.79 Å². The first-order valence-electron chi connectivity index (χ1n) is 7.56. The molecular weight excluding hydrogens is 268 g/mol. The molecule has 0 radical (unpaired) electrons. The van der Waals surface area contributed by atoms with Gasteiger partial charge >= 0.3 is 5.97 Å². The molecule has 0 aliphatic carbocycles. The number of carbonyl (C=O) groups is 1. The van der Waals surface area contributed by atoms with Crippen molar-refractivity contribution in [3.8, 4) is 0 Å². The van der Waals surface area contributed by atoms with E-state index < -0.39 is 5.97 Å². The highest BCUT2D eigenvalue weighted by atomic mass is 16.4. The summed E-state index contributed by atoms with van der Waals surface area (Å²) in [5, 5.41) is 8.93. The normalized spacial score (nSPS) is 23.6. The minimum atomic E-state index is -0.703. The summed E-state index contributed by atoms with van der Waals surface area (Å²) in [6.45, 7) is 4.80. The number of aromatic amines is 1. The fraction of sp³-hybridized carbons (Fsp3) is 0.733. The van der Waals surface area contributed by atoms with Crippen molar-refractivity contribution in [2.75, 3.05) is 27.2 Å². The summed E-state index contributed by atoms with van der Waals surface area (Å²) in [5.41, 5.74) is 1.08. The maximum atomic E-state index is 10.9. The third-order valence-electron chi connectivity index (χ3n) is 4.30. The van der Waals surface area contributed by atoms with Crippen LogP contribution in [-0.2, 0) is 11.3 Å². The largest absolute Gasteiger partial charge is 0.481 e. The van der Waals surface area contributed by atoms with Crippen molar-refractivity contribution < 1.29 is 9.90 Å². The fourth-order valence-electron chi connectivity index (χ4n) is 3.27. The summed E-state index contributed by atoms with van der Waals surface area (Å²) in [4.78, 5) is 23.1. The van der Waals surface area contributed by atoms with Gasteiger partial charge in [-0.25, -0.2) is 4.98 Å². The molecule has 1 aliphatic rings. The lowest BCUT2D eigenvalue weighted by Gasteiger charge is -2.41. The molecule has 2 atom stereocenters. The quantitative estimate of drug-likeness (QED) is 0.828. The number of aryl methyl sites for hydroxylation is 1. The molecule has 1 aromatic rings. The van der Waals surface area contributed by atoms with Gasteiger partial charge in [-0.2, -0.15) is 0 Å². The number of hydrogen-bond acceptors (Lipinski definition) is 4. The van der Waals surface area contributed by atoms with Crippen LogP contribution in [0.2, 0.25) is 0 Å². The Balaban J connectivity index is 1.95. The molecule has 0 unspecified atom stereocenters. The molecule has 6 heteroatoms. The zero-order valence-corrected chi connectivity index (χ0v) is 13.2. The van der Waals surface area contributed by atoms with E-state index in [1.165, 1.54) is 0 Å². The summed E-state index contributed by atoms with van der Waals surface area (Å²) in [6.07, 6.45) is 3.93. The van der Waals surface area contributed by atoms with Crippen LogP contribution in [0.5, 0.6) is 0 Å². The Morgan fingerprint density at radius 2 is 2.33 bits per heavy atom. The van der Waals surface area contributed by atoms with Crippen molar-refractivity contribution in [1.82, 2.24) is 19.8 Å². The van der Waals surface area contributed by atoms with E-state index in [4.69, 9.17) is 5.11 Å². The molecule has 2 rings (SSSR count). The molecule has 21 heavy (non-hydrogen) atoms. The van der Waals surface area contributed by atoms with Crippen LogP contribution in [0.4, 0.5) is 0 Å². The molecule has 1 aromatic heterocycles. The van der Waals surface area contributed by atoms with Crippen LogP contribution in [0.1, 0.15) is 30.8 Å². The summed E-state index contributed by atoms with van der Waals surface area (Å²) in [6, 6.07) is 0.471. The molecule has 6 nitrogen and oxygen atoms in total. The van der Waals surface area contributed by atoms with E-state index in [0.29, 0.717) is 12.0 Å². The van der Waals surface area contributed by atoms with Gasteiger partial charge in [-0.3, -0.25) is 9.69 Å². The van der Waals surface area contributed by atoms with Crippen LogP contribution in [0.15, 0.2) is 6.20 Å². The number of aromatic nitrogens is 2. The van der Waals surface area contributed by atoms with Crippen molar-refractivity contribution >= 4 is 5.97 Å². The van der Waals surface area contributed by atoms with E-state index in [1.807, 2.05) is 13.1 Å². The zero-order chi connectivity index (χ0) is 15.4. The molecule has 0 spiro atoms. The number of H-pyrrole nitrogens is 1. The van der Waals surface area contributed by atoms with Crippen molar-refractivity contribution in [1.29, 1.82) is 0 Å². The maximum Gasteiger partial charge on any atom is 0.303 e. The number of aliphatic carboxylic acids is 1. The third-order valence-corrected chi connectivity index (χ3v) is 4.30. The van der Waals surface area contributed by atoms with E-state index in [1.54, 1.807) is 0 Å². The van der Waals surface area contributed by atoms with Crippen LogP contribution < -0.4 is 0 Å². The molecule has 1 saturated heterocycles. The molecule has 0 amide bonds. The first kappa shape index (κ1) is 16.0. The summed E-state index contributed by atoms with van der Waals surface area (Å²) in [7, 11) is 4.17. The fourth-order valence-corrected chi connectivity index (χ4v) is 3.27. The first-order chi connectivity index (χ1) is 9.95. The van der Waals surface area contributed by atoms with Gasteiger partial charge in [0.1, 0.15) is 5.82 Å². The average molecular weight is 294 g/mol. The highest BCUT2D eigenvalue weighted by molar-refractivity contribution is 5.66. The van der Waals surface area contributed by atoms with Crippen LogP contribution in [0.25, 0.3) is 0 Å². The predicted octanol–water partition coefficient (Wildman–Crippen LogP) is 1.34. The van der Waals surface area contributed by atoms with Gasteiger partial charge in [0.15, 0.2) is 0 Å². The van der Waals surface area contributed by atoms with Crippen molar-refractivity contribution in [2.45, 2.75) is 38.8 Å². The number of hydrogen-bond donors (Lipinski definition) is 2. The number of likely N-dealkylation sites (tertiary alicyclic amines) is 1. The maximum absolute atomic E-state index is 10.9. The van der Waals surface area contributed by atoms with Gasteiger partial charge in [0, 0.05) is 37.4 Å². The van der Waals surface area contributed by atoms with Crippen molar-refractivity contribution in [3.05, 3.63) is 17.7 Å². The predicted molar refractivity (Wildman–Crippen MR) is 81.1 cm³/mol. The minimum Gasteiger partial charge on any atom is -0.481 e. The topological polar surface area (TPSA) is 72.5 Å². The zero-order valence-electron chi connectivity index (χ0n) is 13.2. The molecule has 118 valence electrons. The van der Waals surface area contributed by atoms with E-state index in [2.05, 4.69) is 33.9 Å². The van der Waals surface area contributed by atoms with Crippen molar-refractivity contribution in [3.63, 3.8) is 0 Å². The molecule has 0 bridgehead atoms. The summed E-state index contributed by atoms with van der Waals surface area (Å²) < 4.78 is 0. The molecule has 2 N–H and O–H groups in total. The lowest BCUT2D eigenvalue weighted by Crippen LogP contribution is -2.48. The number of nitrogens with zero attached hydrogens (tertiary/aromatic N) is 3. The van der Waals surface area contributed by atoms with Gasteiger partial charge < -0.3 is 15.0 Å². The molecular formula is C15H26N4O2. The Labute approximate surface area is 126 Å². The second kappa shape index (κ2) is 7.04. The number of carboxylic acids is 1. The SMILES string of the molecule is Cc1cnc(CN2CC[C@H](N(C)C)[C@H](CCC(=O)O)C2)[nH]1. The lowest BCUT2D eigenvalue weighted by molar-refractivity contribution is -0.137. The molecule has 0 aromatic carbocycles. The number of nitrogens with one attached hydrogen (secondary N) is 1. The van der Waals surface area contributed by atoms with Crippen LogP contribution >= 0.6 is 0 Å². The van der Waals surface area contributed by atoms with Gasteiger partial charge in [0.2, 0.25) is 0 Å². The van der Waals surface area contributed by atoms with Crippen molar-refractivity contribution in [2.24, 2.45) is 5.92 Å².